The van der Waals surface area contributed by atoms with Crippen LogP contribution in [0.2, 0.25) is 0 Å². The Morgan fingerprint density at radius 1 is 1.00 bits per heavy atom. The summed E-state index contributed by atoms with van der Waals surface area (Å²) < 4.78 is 0. The summed E-state index contributed by atoms with van der Waals surface area (Å²) in [7, 11) is 0. The smallest absolute Gasteiger partial charge is 0.249 e. The van der Waals surface area contributed by atoms with Gasteiger partial charge < -0.3 is 16.0 Å². The quantitative estimate of drug-likeness (QED) is 0.327. The van der Waals surface area contributed by atoms with Crippen molar-refractivity contribution < 1.29 is 14.4 Å². The standard InChI is InChI=1S/C25H39N5O3/c26-14-5-3-1-2-4-6-24(32)30-18-16-29(17-19-30)15-13-20-7-9-21(10-8-20)27-22-11-12-23(31)28-25(22)33/h7-10,22,27H,1-6,11-19,26H2,(H,28,31,33). The maximum Gasteiger partial charge on any atom is 0.249 e. The molecule has 0 spiro atoms. The highest BCUT2D eigenvalue weighted by Gasteiger charge is 2.26. The highest BCUT2D eigenvalue weighted by Crippen LogP contribution is 2.16. The molecule has 3 rings (SSSR count). The number of anilines is 1. The van der Waals surface area contributed by atoms with Crippen LogP contribution in [-0.2, 0) is 20.8 Å². The van der Waals surface area contributed by atoms with Gasteiger partial charge in [-0.05, 0) is 49.9 Å². The lowest BCUT2D eigenvalue weighted by Gasteiger charge is -2.34. The van der Waals surface area contributed by atoms with Gasteiger partial charge in [-0.25, -0.2) is 0 Å². The van der Waals surface area contributed by atoms with Gasteiger partial charge >= 0.3 is 0 Å². The highest BCUT2D eigenvalue weighted by atomic mass is 16.2. The van der Waals surface area contributed by atoms with E-state index in [1.54, 1.807) is 0 Å². The first-order valence-corrected chi connectivity index (χ1v) is 12.4. The van der Waals surface area contributed by atoms with Crippen molar-refractivity contribution >= 4 is 23.4 Å². The van der Waals surface area contributed by atoms with E-state index in [0.717, 1.165) is 70.6 Å². The average Bonchev–Trinajstić information content (AvgIpc) is 2.83. The number of nitrogens with one attached hydrogen (secondary N) is 2. The molecule has 0 bridgehead atoms. The van der Waals surface area contributed by atoms with Crippen molar-refractivity contribution in [2.24, 2.45) is 5.73 Å². The number of nitrogens with two attached hydrogens (primary N) is 1. The van der Waals surface area contributed by atoms with E-state index in [-0.39, 0.29) is 17.9 Å². The minimum absolute atomic E-state index is 0.201. The Balaban J connectivity index is 1.31. The molecule has 2 aliphatic heterocycles. The molecule has 2 aliphatic rings. The second kappa shape index (κ2) is 13.3. The number of imide groups is 1. The van der Waals surface area contributed by atoms with Gasteiger partial charge in [-0.2, -0.15) is 0 Å². The largest absolute Gasteiger partial charge is 0.374 e. The van der Waals surface area contributed by atoms with Gasteiger partial charge in [0.1, 0.15) is 6.04 Å². The highest BCUT2D eigenvalue weighted by molar-refractivity contribution is 6.01. The second-order valence-electron chi connectivity index (χ2n) is 9.12. The monoisotopic (exact) mass is 457 g/mol. The number of piperazine rings is 1. The van der Waals surface area contributed by atoms with Gasteiger partial charge in [-0.15, -0.1) is 0 Å². The van der Waals surface area contributed by atoms with Crippen molar-refractivity contribution in [2.45, 2.75) is 63.8 Å². The third-order valence-corrected chi connectivity index (χ3v) is 6.57. The summed E-state index contributed by atoms with van der Waals surface area (Å²) in [5.41, 5.74) is 7.65. The van der Waals surface area contributed by atoms with E-state index in [9.17, 15) is 14.4 Å². The maximum atomic E-state index is 12.4. The summed E-state index contributed by atoms with van der Waals surface area (Å²) in [5.74, 6) is -0.157. The van der Waals surface area contributed by atoms with Gasteiger partial charge in [0.05, 0.1) is 0 Å². The van der Waals surface area contributed by atoms with E-state index >= 15 is 0 Å². The van der Waals surface area contributed by atoms with E-state index in [4.69, 9.17) is 5.73 Å². The number of carbonyl (C=O) groups excluding carboxylic acids is 3. The van der Waals surface area contributed by atoms with Crippen LogP contribution in [0.3, 0.4) is 0 Å². The number of rotatable bonds is 12. The Labute approximate surface area is 197 Å². The van der Waals surface area contributed by atoms with Crippen molar-refractivity contribution in [1.29, 1.82) is 0 Å². The first kappa shape index (κ1) is 25.2. The molecule has 2 saturated heterocycles. The third kappa shape index (κ3) is 8.44. The van der Waals surface area contributed by atoms with Crippen LogP contribution in [0.5, 0.6) is 0 Å². The van der Waals surface area contributed by atoms with Crippen molar-refractivity contribution in [3.63, 3.8) is 0 Å². The van der Waals surface area contributed by atoms with Crippen molar-refractivity contribution in [3.05, 3.63) is 29.8 Å². The third-order valence-electron chi connectivity index (χ3n) is 6.57. The predicted octanol–water partition coefficient (Wildman–Crippen LogP) is 1.89. The molecule has 33 heavy (non-hydrogen) atoms. The summed E-state index contributed by atoms with van der Waals surface area (Å²) in [4.78, 5) is 40.0. The molecule has 2 fully saturated rings. The number of piperidine rings is 1. The topological polar surface area (TPSA) is 108 Å². The number of benzene rings is 1. The molecule has 8 heteroatoms. The van der Waals surface area contributed by atoms with Crippen LogP contribution >= 0.6 is 0 Å². The van der Waals surface area contributed by atoms with Gasteiger partial charge in [0.25, 0.3) is 0 Å². The summed E-state index contributed by atoms with van der Waals surface area (Å²) in [6.45, 7) is 5.23. The van der Waals surface area contributed by atoms with Crippen LogP contribution in [-0.4, -0.2) is 72.8 Å². The zero-order chi connectivity index (χ0) is 23.5. The van der Waals surface area contributed by atoms with E-state index in [1.807, 2.05) is 17.0 Å². The maximum absolute atomic E-state index is 12.4. The molecular formula is C25H39N5O3. The molecule has 1 aromatic rings. The second-order valence-corrected chi connectivity index (χ2v) is 9.12. The van der Waals surface area contributed by atoms with E-state index in [2.05, 4.69) is 27.7 Å². The summed E-state index contributed by atoms with van der Waals surface area (Å²) >= 11 is 0. The zero-order valence-corrected chi connectivity index (χ0v) is 19.7. The van der Waals surface area contributed by atoms with Crippen molar-refractivity contribution in [1.82, 2.24) is 15.1 Å². The molecule has 3 amide bonds. The number of hydrogen-bond acceptors (Lipinski definition) is 6. The minimum Gasteiger partial charge on any atom is -0.374 e. The number of carbonyl (C=O) groups is 3. The number of hydrogen-bond donors (Lipinski definition) is 3. The Kier molecular flexibility index (Phi) is 10.2. The fraction of sp³-hybridized carbons (Fsp3) is 0.640. The Bertz CT molecular complexity index is 775. The van der Waals surface area contributed by atoms with Crippen LogP contribution in [0.15, 0.2) is 24.3 Å². The summed E-state index contributed by atoms with van der Waals surface area (Å²) in [6.07, 6.45) is 8.04. The molecule has 8 nitrogen and oxygen atoms in total. The molecule has 0 radical (unpaired) electrons. The van der Waals surface area contributed by atoms with Crippen LogP contribution in [0.25, 0.3) is 0 Å². The number of unbranched alkanes of at least 4 members (excludes halogenated alkanes) is 4. The molecule has 1 aromatic carbocycles. The van der Waals surface area contributed by atoms with Gasteiger partial charge in [-0.1, -0.05) is 31.4 Å². The number of nitrogens with zero attached hydrogens (tertiary/aromatic N) is 2. The molecular weight excluding hydrogens is 418 g/mol. The Morgan fingerprint density at radius 2 is 1.70 bits per heavy atom. The molecule has 1 unspecified atom stereocenters. The van der Waals surface area contributed by atoms with Crippen LogP contribution in [0.4, 0.5) is 5.69 Å². The fourth-order valence-corrected chi connectivity index (χ4v) is 4.42. The fourth-order valence-electron chi connectivity index (χ4n) is 4.42. The van der Waals surface area contributed by atoms with Gasteiger partial charge in [0, 0.05) is 51.3 Å². The SMILES string of the molecule is NCCCCCCCC(=O)N1CCN(CCc2ccc(NC3CCC(=O)NC3=O)cc2)CC1. The first-order valence-electron chi connectivity index (χ1n) is 12.4. The van der Waals surface area contributed by atoms with E-state index < -0.39 is 0 Å². The van der Waals surface area contributed by atoms with Crippen LogP contribution in [0.1, 0.15) is 56.9 Å². The van der Waals surface area contributed by atoms with E-state index in [1.165, 1.54) is 18.4 Å². The van der Waals surface area contributed by atoms with E-state index in [0.29, 0.717) is 25.2 Å². The minimum atomic E-state index is -0.358. The van der Waals surface area contributed by atoms with Gasteiger partial charge in [0.15, 0.2) is 0 Å². The molecule has 0 aliphatic carbocycles. The van der Waals surface area contributed by atoms with Gasteiger partial charge in [0.2, 0.25) is 17.7 Å². The van der Waals surface area contributed by atoms with Crippen molar-refractivity contribution in [3.8, 4) is 0 Å². The molecule has 1 atom stereocenters. The van der Waals surface area contributed by atoms with Crippen LogP contribution < -0.4 is 16.4 Å². The zero-order valence-electron chi connectivity index (χ0n) is 19.7. The molecule has 2 heterocycles. The van der Waals surface area contributed by atoms with Crippen LogP contribution in [0, 0.1) is 0 Å². The number of amides is 3. The molecule has 182 valence electrons. The average molecular weight is 458 g/mol. The summed E-state index contributed by atoms with van der Waals surface area (Å²) in [6, 6.07) is 7.80. The summed E-state index contributed by atoms with van der Waals surface area (Å²) in [5, 5.41) is 5.58. The Morgan fingerprint density at radius 3 is 2.39 bits per heavy atom. The normalized spacial score (nSPS) is 19.4. The lowest BCUT2D eigenvalue weighted by atomic mass is 10.1. The van der Waals surface area contributed by atoms with Crippen molar-refractivity contribution in [2.75, 3.05) is 44.6 Å². The molecule has 4 N–H and O–H groups in total. The molecule has 0 saturated carbocycles. The predicted molar refractivity (Wildman–Crippen MR) is 130 cm³/mol. The first-order chi connectivity index (χ1) is 16.0. The Hall–Kier alpha value is -2.45. The molecule has 0 aromatic heterocycles. The lowest BCUT2D eigenvalue weighted by molar-refractivity contribution is -0.134. The van der Waals surface area contributed by atoms with Gasteiger partial charge in [-0.3, -0.25) is 24.6 Å². The lowest BCUT2D eigenvalue weighted by Crippen LogP contribution is -2.49.